The van der Waals surface area contributed by atoms with Gasteiger partial charge in [0.15, 0.2) is 0 Å². The summed E-state index contributed by atoms with van der Waals surface area (Å²) in [5.74, 6) is -1.24. The fraction of sp³-hybridized carbons (Fsp3) is 0.154. The predicted molar refractivity (Wildman–Crippen MR) is 113 cm³/mol. The maximum absolute atomic E-state index is 14.5. The summed E-state index contributed by atoms with van der Waals surface area (Å²) in [4.78, 5) is 0. The van der Waals surface area contributed by atoms with Gasteiger partial charge < -0.3 is 0 Å². The Morgan fingerprint density at radius 1 is 0.765 bits per heavy atom. The number of hydrogen-bond acceptors (Lipinski definition) is 0. The van der Waals surface area contributed by atoms with E-state index in [4.69, 9.17) is 0 Å². The van der Waals surface area contributed by atoms with Crippen LogP contribution in [0.2, 0.25) is 0 Å². The molecular formula is C26H16F8. The van der Waals surface area contributed by atoms with Gasteiger partial charge in [-0.3, -0.25) is 0 Å². The summed E-state index contributed by atoms with van der Waals surface area (Å²) in [7, 11) is 0. The third-order valence-corrected chi connectivity index (χ3v) is 4.78. The van der Waals surface area contributed by atoms with Crippen molar-refractivity contribution in [1.82, 2.24) is 0 Å². The molecule has 3 aromatic carbocycles. The van der Waals surface area contributed by atoms with Crippen molar-refractivity contribution in [2.45, 2.75) is 25.9 Å². The van der Waals surface area contributed by atoms with E-state index < -0.39 is 46.4 Å². The quantitative estimate of drug-likeness (QED) is 0.262. The highest BCUT2D eigenvalue weighted by Crippen LogP contribution is 2.28. The molecule has 0 nitrogen and oxygen atoms in total. The number of allylic oxidation sites excluding steroid dienone is 1. The van der Waals surface area contributed by atoms with Crippen LogP contribution in [0.5, 0.6) is 0 Å². The zero-order chi connectivity index (χ0) is 25.0. The smallest absolute Gasteiger partial charge is 0.206 e. The second-order valence-electron chi connectivity index (χ2n) is 7.36. The highest BCUT2D eigenvalue weighted by atomic mass is 19.4. The molecule has 0 aliphatic rings. The van der Waals surface area contributed by atoms with Crippen LogP contribution in [0.15, 0.2) is 48.5 Å². The Labute approximate surface area is 190 Å². The van der Waals surface area contributed by atoms with E-state index in [0.717, 1.165) is 24.1 Å². The first-order valence-electron chi connectivity index (χ1n) is 10.0. The summed E-state index contributed by atoms with van der Waals surface area (Å²) in [5, 5.41) is 0. The molecule has 0 heterocycles. The summed E-state index contributed by atoms with van der Waals surface area (Å²) in [5.41, 5.74) is -1.32. The van der Waals surface area contributed by atoms with E-state index in [1.165, 1.54) is 12.1 Å². The Hall–Kier alpha value is -3.60. The van der Waals surface area contributed by atoms with E-state index in [1.54, 1.807) is 6.07 Å². The van der Waals surface area contributed by atoms with Crippen molar-refractivity contribution >= 4 is 6.08 Å². The Morgan fingerprint density at radius 2 is 1.38 bits per heavy atom. The lowest BCUT2D eigenvalue weighted by atomic mass is 9.99. The Balaban J connectivity index is 1.93. The normalized spacial score (nSPS) is 11.6. The second-order valence-corrected chi connectivity index (χ2v) is 7.36. The highest BCUT2D eigenvalue weighted by molar-refractivity contribution is 5.66. The molecule has 0 amide bonds. The van der Waals surface area contributed by atoms with Crippen molar-refractivity contribution in [3.8, 4) is 23.0 Å². The van der Waals surface area contributed by atoms with Gasteiger partial charge in [0.1, 0.15) is 29.1 Å². The molecule has 3 aromatic rings. The van der Waals surface area contributed by atoms with Crippen molar-refractivity contribution in [3.63, 3.8) is 0 Å². The minimum absolute atomic E-state index is 0.0104. The molecule has 0 spiro atoms. The highest BCUT2D eigenvalue weighted by Gasteiger charge is 2.23. The summed E-state index contributed by atoms with van der Waals surface area (Å²) < 4.78 is 108. The number of halogens is 8. The first-order valence-corrected chi connectivity index (χ1v) is 10.0. The molecule has 0 unspecified atom stereocenters. The van der Waals surface area contributed by atoms with Crippen molar-refractivity contribution in [2.75, 3.05) is 0 Å². The van der Waals surface area contributed by atoms with Gasteiger partial charge in [0, 0.05) is 22.8 Å². The van der Waals surface area contributed by atoms with Gasteiger partial charge >= 0.3 is 6.18 Å². The molecule has 176 valence electrons. The predicted octanol–water partition coefficient (Wildman–Crippen LogP) is 7.98. The molecule has 0 saturated carbocycles. The zero-order valence-electron chi connectivity index (χ0n) is 17.6. The van der Waals surface area contributed by atoms with E-state index >= 15 is 0 Å². The molecule has 0 aliphatic heterocycles. The van der Waals surface area contributed by atoms with Crippen molar-refractivity contribution in [3.05, 3.63) is 99.9 Å². The average Bonchev–Trinajstić information content (AvgIpc) is 2.72. The molecule has 0 aliphatic carbocycles. The monoisotopic (exact) mass is 480 g/mol. The number of benzene rings is 3. The van der Waals surface area contributed by atoms with E-state index in [2.05, 4.69) is 11.8 Å². The molecule has 0 N–H and O–H groups in total. The summed E-state index contributed by atoms with van der Waals surface area (Å²) in [6.07, 6.45) is -3.41. The lowest BCUT2D eigenvalue weighted by molar-refractivity contribution is -0.0790. The van der Waals surface area contributed by atoms with Crippen molar-refractivity contribution in [1.29, 1.82) is 0 Å². The molecule has 0 saturated heterocycles. The molecule has 3 rings (SSSR count). The van der Waals surface area contributed by atoms with Crippen LogP contribution in [0.3, 0.4) is 0 Å². The minimum Gasteiger partial charge on any atom is -0.206 e. The summed E-state index contributed by atoms with van der Waals surface area (Å²) in [6, 6.07) is 7.42. The van der Waals surface area contributed by atoms with Gasteiger partial charge in [0.05, 0.1) is 5.56 Å². The van der Waals surface area contributed by atoms with E-state index in [1.807, 2.05) is 6.92 Å². The molecule has 8 heteroatoms. The van der Waals surface area contributed by atoms with Gasteiger partial charge in [-0.15, -0.1) is 0 Å². The van der Waals surface area contributed by atoms with Crippen LogP contribution in [-0.2, 0) is 6.42 Å². The molecular weight excluding hydrogens is 464 g/mol. The Morgan fingerprint density at radius 3 is 1.91 bits per heavy atom. The summed E-state index contributed by atoms with van der Waals surface area (Å²) in [6.45, 7) is 1.93. The van der Waals surface area contributed by atoms with Gasteiger partial charge in [-0.1, -0.05) is 37.3 Å². The number of alkyl halides is 3. The molecule has 0 atom stereocenters. The molecule has 0 aromatic heterocycles. The molecule has 0 fully saturated rings. The molecule has 0 bridgehead atoms. The standard InChI is InChI=1S/C26H16F8/c1-2-3-15-4-6-18(21(27)10-15)17-13-24(30)19(25(31)14-17)7-5-16-11-22(28)20(23(29)12-16)8-9-26(32,33)34/h4,6,8-14H,2-3H2,1H3/b9-8+. The largest absolute Gasteiger partial charge is 0.409 e. The van der Waals surface area contributed by atoms with Crippen LogP contribution >= 0.6 is 0 Å². The Bertz CT molecular complexity index is 1260. The maximum atomic E-state index is 14.5. The van der Waals surface area contributed by atoms with Gasteiger partial charge in [-0.25, -0.2) is 22.0 Å². The van der Waals surface area contributed by atoms with E-state index in [9.17, 15) is 35.1 Å². The number of aryl methyl sites for hydroxylation is 1. The SMILES string of the molecule is CCCc1ccc(-c2cc(F)c(C#Cc3cc(F)c(/C=C/C(F)(F)F)c(F)c3)c(F)c2)c(F)c1. The first kappa shape index (κ1) is 25.0. The lowest BCUT2D eigenvalue weighted by Crippen LogP contribution is -2.01. The van der Waals surface area contributed by atoms with Gasteiger partial charge in [0.2, 0.25) is 0 Å². The van der Waals surface area contributed by atoms with Gasteiger partial charge in [0.25, 0.3) is 0 Å². The van der Waals surface area contributed by atoms with Gasteiger partial charge in [-0.2, -0.15) is 13.2 Å². The third kappa shape index (κ3) is 6.04. The lowest BCUT2D eigenvalue weighted by Gasteiger charge is -2.08. The van der Waals surface area contributed by atoms with Crippen LogP contribution < -0.4 is 0 Å². The molecule has 34 heavy (non-hydrogen) atoms. The fourth-order valence-corrected chi connectivity index (χ4v) is 3.21. The van der Waals surface area contributed by atoms with Crippen LogP contribution in [-0.4, -0.2) is 6.18 Å². The second kappa shape index (κ2) is 10.1. The number of hydrogen-bond donors (Lipinski definition) is 0. The van der Waals surface area contributed by atoms with Crippen molar-refractivity contribution < 1.29 is 35.1 Å². The first-order chi connectivity index (χ1) is 16.0. The topological polar surface area (TPSA) is 0 Å². The Kier molecular flexibility index (Phi) is 7.45. The fourth-order valence-electron chi connectivity index (χ4n) is 3.21. The molecule has 0 radical (unpaired) electrons. The average molecular weight is 480 g/mol. The summed E-state index contributed by atoms with van der Waals surface area (Å²) >= 11 is 0. The third-order valence-electron chi connectivity index (χ3n) is 4.78. The van der Waals surface area contributed by atoms with E-state index in [-0.39, 0.29) is 28.8 Å². The number of rotatable bonds is 4. The van der Waals surface area contributed by atoms with Crippen LogP contribution in [0.4, 0.5) is 35.1 Å². The van der Waals surface area contributed by atoms with Gasteiger partial charge in [-0.05, 0) is 54.0 Å². The maximum Gasteiger partial charge on any atom is 0.409 e. The van der Waals surface area contributed by atoms with Crippen molar-refractivity contribution in [2.24, 2.45) is 0 Å². The van der Waals surface area contributed by atoms with Crippen LogP contribution in [0, 0.1) is 40.9 Å². The van der Waals surface area contributed by atoms with E-state index in [0.29, 0.717) is 18.6 Å². The van der Waals surface area contributed by atoms with Crippen LogP contribution in [0.1, 0.15) is 35.6 Å². The minimum atomic E-state index is -4.76. The van der Waals surface area contributed by atoms with Crippen LogP contribution in [0.25, 0.3) is 17.2 Å². The zero-order valence-corrected chi connectivity index (χ0v) is 17.6.